The summed E-state index contributed by atoms with van der Waals surface area (Å²) in [6.45, 7) is 11.6. The van der Waals surface area contributed by atoms with E-state index in [1.807, 2.05) is 77.1 Å². The summed E-state index contributed by atoms with van der Waals surface area (Å²) in [7, 11) is 0. The lowest BCUT2D eigenvalue weighted by Crippen LogP contribution is -2.38. The molecule has 2 aromatic rings. The number of halogens is 1. The Morgan fingerprint density at radius 2 is 1.81 bits per heavy atom. The topological polar surface area (TPSA) is 87.6 Å². The number of carbonyl (C=O) groups excluding carboxylic acids is 1. The van der Waals surface area contributed by atoms with Gasteiger partial charge in [-0.15, -0.1) is 24.0 Å². The molecule has 0 saturated carbocycles. The average molecular weight is 539 g/mol. The normalized spacial score (nSPS) is 11.3. The van der Waals surface area contributed by atoms with Gasteiger partial charge in [-0.3, -0.25) is 10.3 Å². The molecule has 7 nitrogen and oxygen atoms in total. The third-order valence-corrected chi connectivity index (χ3v) is 3.99. The number of aromatic nitrogens is 1. The second-order valence-corrected chi connectivity index (χ2v) is 7.97. The van der Waals surface area contributed by atoms with E-state index in [1.54, 1.807) is 0 Å². The molecule has 0 atom stereocenters. The number of aryl methyl sites for hydroxylation is 1. The summed E-state index contributed by atoms with van der Waals surface area (Å²) < 4.78 is 5.26. The quantitative estimate of drug-likeness (QED) is 0.271. The van der Waals surface area contributed by atoms with E-state index in [-0.39, 0.29) is 24.0 Å². The third kappa shape index (κ3) is 11.0. The van der Waals surface area contributed by atoms with E-state index in [0.29, 0.717) is 12.2 Å². The molecule has 0 aliphatic carbocycles. The van der Waals surface area contributed by atoms with Crippen molar-refractivity contribution >= 4 is 41.7 Å². The van der Waals surface area contributed by atoms with Crippen LogP contribution in [0.1, 0.15) is 44.6 Å². The third-order valence-electron chi connectivity index (χ3n) is 3.99. The lowest BCUT2D eigenvalue weighted by molar-refractivity contribution is 0.0636. The Morgan fingerprint density at radius 3 is 2.42 bits per heavy atom. The molecule has 1 aromatic carbocycles. The van der Waals surface area contributed by atoms with Gasteiger partial charge in [0.2, 0.25) is 0 Å². The van der Waals surface area contributed by atoms with Crippen LogP contribution in [0.4, 0.5) is 10.5 Å². The van der Waals surface area contributed by atoms with E-state index >= 15 is 0 Å². The number of anilines is 1. The maximum atomic E-state index is 11.8. The first-order valence-corrected chi connectivity index (χ1v) is 10.3. The molecular formula is C23H34IN5O2. The highest BCUT2D eigenvalue weighted by molar-refractivity contribution is 14.0. The number of guanidine groups is 1. The van der Waals surface area contributed by atoms with Crippen LogP contribution < -0.4 is 16.0 Å². The van der Waals surface area contributed by atoms with Gasteiger partial charge < -0.3 is 15.4 Å². The van der Waals surface area contributed by atoms with Crippen LogP contribution in [0, 0.1) is 6.92 Å². The molecule has 0 spiro atoms. The molecule has 0 bridgehead atoms. The predicted molar refractivity (Wildman–Crippen MR) is 137 cm³/mol. The number of hydrogen-bond donors (Lipinski definition) is 3. The van der Waals surface area contributed by atoms with Crippen LogP contribution in [0.25, 0.3) is 0 Å². The molecule has 0 aliphatic heterocycles. The highest BCUT2D eigenvalue weighted by atomic mass is 127. The summed E-state index contributed by atoms with van der Waals surface area (Å²) >= 11 is 0. The monoisotopic (exact) mass is 539 g/mol. The molecule has 1 heterocycles. The second kappa shape index (κ2) is 13.1. The van der Waals surface area contributed by atoms with Crippen LogP contribution in [0.15, 0.2) is 47.5 Å². The number of amides is 1. The fraction of sp³-hybridized carbons (Fsp3) is 0.435. The number of ether oxygens (including phenoxy) is 1. The summed E-state index contributed by atoms with van der Waals surface area (Å²) in [4.78, 5) is 20.9. The van der Waals surface area contributed by atoms with Crippen molar-refractivity contribution in [2.75, 3.05) is 18.4 Å². The Morgan fingerprint density at radius 1 is 1.10 bits per heavy atom. The summed E-state index contributed by atoms with van der Waals surface area (Å²) in [5.74, 6) is 0.768. The van der Waals surface area contributed by atoms with Crippen LogP contribution in [-0.4, -0.2) is 35.7 Å². The summed E-state index contributed by atoms with van der Waals surface area (Å²) in [6, 6.07) is 13.7. The van der Waals surface area contributed by atoms with Gasteiger partial charge in [0.15, 0.2) is 5.96 Å². The van der Waals surface area contributed by atoms with Crippen molar-refractivity contribution in [3.8, 4) is 0 Å². The number of carbonyl (C=O) groups is 1. The Bertz CT molecular complexity index is 848. The van der Waals surface area contributed by atoms with Crippen molar-refractivity contribution in [3.05, 3.63) is 59.4 Å². The van der Waals surface area contributed by atoms with E-state index in [9.17, 15) is 4.79 Å². The van der Waals surface area contributed by atoms with E-state index in [0.717, 1.165) is 42.4 Å². The Hall–Kier alpha value is -2.36. The van der Waals surface area contributed by atoms with Crippen molar-refractivity contribution in [3.63, 3.8) is 0 Å². The molecule has 1 aromatic heterocycles. The van der Waals surface area contributed by atoms with Crippen LogP contribution in [0.5, 0.6) is 0 Å². The molecule has 8 heteroatoms. The Labute approximate surface area is 202 Å². The van der Waals surface area contributed by atoms with Crippen molar-refractivity contribution in [1.29, 1.82) is 0 Å². The standard InChI is InChI=1S/C23H33N5O2.HI/c1-6-24-21(26-16-20-9-7-8-17(2)27-20)25-15-14-18-10-12-19(13-11-18)28-22(29)30-23(3,4)5;/h7-13H,6,14-16H2,1-5H3,(H,28,29)(H2,24,25,26);1H. The number of nitrogens with zero attached hydrogens (tertiary/aromatic N) is 2. The molecule has 2 rings (SSSR count). The highest BCUT2D eigenvalue weighted by Gasteiger charge is 2.16. The predicted octanol–water partition coefficient (Wildman–Crippen LogP) is 4.65. The first kappa shape index (κ1) is 26.7. The number of nitrogens with one attached hydrogen (secondary N) is 3. The first-order valence-electron chi connectivity index (χ1n) is 10.3. The van der Waals surface area contributed by atoms with Crippen LogP contribution in [-0.2, 0) is 17.7 Å². The van der Waals surface area contributed by atoms with Gasteiger partial charge in [0.05, 0.1) is 12.2 Å². The number of benzene rings is 1. The van der Waals surface area contributed by atoms with Crippen molar-refractivity contribution in [1.82, 2.24) is 15.6 Å². The maximum Gasteiger partial charge on any atom is 0.412 e. The van der Waals surface area contributed by atoms with E-state index in [1.165, 1.54) is 0 Å². The van der Waals surface area contributed by atoms with Gasteiger partial charge in [-0.05, 0) is 70.9 Å². The molecule has 0 saturated heterocycles. The first-order chi connectivity index (χ1) is 14.2. The minimum absolute atomic E-state index is 0. The number of aliphatic imine (C=N–C) groups is 1. The molecule has 0 radical (unpaired) electrons. The second-order valence-electron chi connectivity index (χ2n) is 7.97. The van der Waals surface area contributed by atoms with E-state index in [4.69, 9.17) is 4.74 Å². The largest absolute Gasteiger partial charge is 0.444 e. The minimum atomic E-state index is -0.517. The fourth-order valence-electron chi connectivity index (χ4n) is 2.69. The van der Waals surface area contributed by atoms with Gasteiger partial charge in [-0.25, -0.2) is 9.79 Å². The Balaban J connectivity index is 0.00000480. The minimum Gasteiger partial charge on any atom is -0.444 e. The van der Waals surface area contributed by atoms with Crippen molar-refractivity contribution in [2.24, 2.45) is 4.99 Å². The molecule has 170 valence electrons. The summed E-state index contributed by atoms with van der Waals surface area (Å²) in [6.07, 6.45) is 0.381. The fourth-order valence-corrected chi connectivity index (χ4v) is 2.69. The van der Waals surface area contributed by atoms with Crippen molar-refractivity contribution < 1.29 is 9.53 Å². The van der Waals surface area contributed by atoms with Gasteiger partial charge in [0.25, 0.3) is 0 Å². The Kier molecular flexibility index (Phi) is 11.3. The maximum absolute atomic E-state index is 11.8. The lowest BCUT2D eigenvalue weighted by Gasteiger charge is -2.19. The zero-order valence-corrected chi connectivity index (χ0v) is 21.3. The summed E-state index contributed by atoms with van der Waals surface area (Å²) in [5.41, 5.74) is 3.29. The van der Waals surface area contributed by atoms with Gasteiger partial charge in [-0.2, -0.15) is 0 Å². The van der Waals surface area contributed by atoms with Gasteiger partial charge in [0.1, 0.15) is 5.60 Å². The average Bonchev–Trinajstić information content (AvgIpc) is 2.66. The SMILES string of the molecule is CCNC(=NCc1cccc(C)n1)NCCc1ccc(NC(=O)OC(C)(C)C)cc1.I. The molecule has 31 heavy (non-hydrogen) atoms. The van der Waals surface area contributed by atoms with Crippen LogP contribution in [0.3, 0.4) is 0 Å². The molecular weight excluding hydrogens is 505 g/mol. The summed E-state index contributed by atoms with van der Waals surface area (Å²) in [5, 5.41) is 9.34. The molecule has 0 fully saturated rings. The number of pyridine rings is 1. The molecule has 3 N–H and O–H groups in total. The zero-order valence-electron chi connectivity index (χ0n) is 19.0. The van der Waals surface area contributed by atoms with Crippen LogP contribution in [0.2, 0.25) is 0 Å². The number of hydrogen-bond acceptors (Lipinski definition) is 4. The van der Waals surface area contributed by atoms with E-state index < -0.39 is 11.7 Å². The number of rotatable bonds is 7. The lowest BCUT2D eigenvalue weighted by atomic mass is 10.1. The van der Waals surface area contributed by atoms with Gasteiger partial charge in [-0.1, -0.05) is 18.2 Å². The molecule has 0 aliphatic rings. The highest BCUT2D eigenvalue weighted by Crippen LogP contribution is 2.13. The smallest absolute Gasteiger partial charge is 0.412 e. The molecule has 1 amide bonds. The van der Waals surface area contributed by atoms with Crippen molar-refractivity contribution in [2.45, 2.75) is 53.2 Å². The molecule has 0 unspecified atom stereocenters. The van der Waals surface area contributed by atoms with Crippen LogP contribution >= 0.6 is 24.0 Å². The van der Waals surface area contributed by atoms with E-state index in [2.05, 4.69) is 25.9 Å². The van der Waals surface area contributed by atoms with Gasteiger partial charge >= 0.3 is 6.09 Å². The van der Waals surface area contributed by atoms with Gasteiger partial charge in [0, 0.05) is 24.5 Å². The zero-order chi connectivity index (χ0) is 22.0.